The summed E-state index contributed by atoms with van der Waals surface area (Å²) in [6, 6.07) is 23.9. The Morgan fingerprint density at radius 1 is 0.949 bits per heavy atom. The van der Waals surface area contributed by atoms with Crippen LogP contribution >= 0.6 is 0 Å². The number of amides is 2. The van der Waals surface area contributed by atoms with Crippen LogP contribution in [0.5, 0.6) is 0 Å². The molecule has 2 fully saturated rings. The van der Waals surface area contributed by atoms with Crippen molar-refractivity contribution in [3.05, 3.63) is 95.8 Å². The molecule has 1 aliphatic carbocycles. The second-order valence-electron chi connectivity index (χ2n) is 11.2. The second kappa shape index (κ2) is 11.0. The van der Waals surface area contributed by atoms with Crippen molar-refractivity contribution in [2.45, 2.75) is 45.6 Å². The maximum absolute atomic E-state index is 15.1. The predicted molar refractivity (Wildman–Crippen MR) is 148 cm³/mol. The van der Waals surface area contributed by atoms with Crippen molar-refractivity contribution >= 4 is 23.6 Å². The smallest absolute Gasteiger partial charge is 0.411 e. The van der Waals surface area contributed by atoms with Crippen molar-refractivity contribution in [1.82, 2.24) is 4.90 Å². The fraction of sp³-hybridized carbons (Fsp3) is 0.355. The zero-order valence-electron chi connectivity index (χ0n) is 22.5. The van der Waals surface area contributed by atoms with Gasteiger partial charge in [0.15, 0.2) is 0 Å². The molecule has 1 saturated carbocycles. The van der Waals surface area contributed by atoms with Crippen molar-refractivity contribution in [2.75, 3.05) is 23.3 Å². The Morgan fingerprint density at radius 3 is 2.15 bits per heavy atom. The van der Waals surface area contributed by atoms with Crippen LogP contribution in [-0.2, 0) is 22.6 Å². The van der Waals surface area contributed by atoms with Gasteiger partial charge in [-0.3, -0.25) is 5.32 Å². The van der Waals surface area contributed by atoms with Crippen molar-refractivity contribution < 1.29 is 23.5 Å². The Bertz CT molecular complexity index is 1300. The molecule has 2 aliphatic rings. The van der Waals surface area contributed by atoms with Gasteiger partial charge < -0.3 is 19.3 Å². The van der Waals surface area contributed by atoms with E-state index in [-0.39, 0.29) is 30.6 Å². The first-order valence-electron chi connectivity index (χ1n) is 13.2. The van der Waals surface area contributed by atoms with E-state index in [1.165, 1.54) is 6.07 Å². The summed E-state index contributed by atoms with van der Waals surface area (Å²) in [6.07, 6.45) is -0.963. The van der Waals surface area contributed by atoms with Gasteiger partial charge in [-0.1, -0.05) is 60.7 Å². The third-order valence-corrected chi connectivity index (χ3v) is 7.08. The lowest BCUT2D eigenvalue weighted by Crippen LogP contribution is -2.41. The number of fused-ring (bicyclic) bond motifs is 1. The third kappa shape index (κ3) is 6.50. The first kappa shape index (κ1) is 26.5. The lowest BCUT2D eigenvalue weighted by atomic mass is 10.2. The van der Waals surface area contributed by atoms with Crippen molar-refractivity contribution in [2.24, 2.45) is 11.8 Å². The van der Waals surface area contributed by atoms with Gasteiger partial charge in [0.05, 0.1) is 5.69 Å². The number of carbonyl (C=O) groups is 2. The zero-order chi connectivity index (χ0) is 27.6. The zero-order valence-corrected chi connectivity index (χ0v) is 22.5. The van der Waals surface area contributed by atoms with E-state index in [1.54, 1.807) is 12.1 Å². The lowest BCUT2D eigenvalue weighted by molar-refractivity contribution is 0.0195. The molecule has 1 saturated heterocycles. The number of anilines is 2. The van der Waals surface area contributed by atoms with Crippen LogP contribution < -0.4 is 10.2 Å². The molecular weight excluding hydrogens is 497 g/mol. The third-order valence-electron chi connectivity index (χ3n) is 7.08. The molecule has 8 heteroatoms. The van der Waals surface area contributed by atoms with Crippen LogP contribution in [-0.4, -0.2) is 41.8 Å². The summed E-state index contributed by atoms with van der Waals surface area (Å²) in [5.74, 6) is 0.0692. The maximum atomic E-state index is 15.1. The molecule has 204 valence electrons. The van der Waals surface area contributed by atoms with Crippen LogP contribution in [0.15, 0.2) is 78.9 Å². The molecule has 39 heavy (non-hydrogen) atoms. The molecule has 1 N–H and O–H groups in total. The molecule has 0 aromatic heterocycles. The summed E-state index contributed by atoms with van der Waals surface area (Å²) < 4.78 is 26.0. The highest BCUT2D eigenvalue weighted by Gasteiger charge is 2.60. The summed E-state index contributed by atoms with van der Waals surface area (Å²) in [5, 5.41) is 2.59. The number of hydrogen-bond acceptors (Lipinski definition) is 5. The van der Waals surface area contributed by atoms with Crippen molar-refractivity contribution in [1.29, 1.82) is 0 Å². The largest absolute Gasteiger partial charge is 0.444 e. The Labute approximate surface area is 228 Å². The molecule has 5 rings (SSSR count). The first-order chi connectivity index (χ1) is 18.7. The average molecular weight is 532 g/mol. The van der Waals surface area contributed by atoms with Gasteiger partial charge in [-0.25, -0.2) is 14.0 Å². The molecule has 1 heterocycles. The van der Waals surface area contributed by atoms with E-state index in [0.717, 1.165) is 11.1 Å². The normalized spacial score (nSPS) is 19.7. The van der Waals surface area contributed by atoms with Gasteiger partial charge in [0.25, 0.3) is 0 Å². The summed E-state index contributed by atoms with van der Waals surface area (Å²) in [6.45, 7) is 7.50. The van der Waals surface area contributed by atoms with E-state index in [1.807, 2.05) is 91.2 Å². The molecule has 7 nitrogen and oxygen atoms in total. The van der Waals surface area contributed by atoms with Crippen LogP contribution in [0.1, 0.15) is 31.9 Å². The average Bonchev–Trinajstić information content (AvgIpc) is 3.37. The molecule has 3 aromatic rings. The molecule has 1 unspecified atom stereocenters. The van der Waals surface area contributed by atoms with Gasteiger partial charge in [-0.05, 0) is 50.1 Å². The van der Waals surface area contributed by atoms with Gasteiger partial charge in [-0.2, -0.15) is 0 Å². The summed E-state index contributed by atoms with van der Waals surface area (Å²) in [5.41, 5.74) is 2.14. The fourth-order valence-corrected chi connectivity index (χ4v) is 5.26. The molecule has 0 bridgehead atoms. The summed E-state index contributed by atoms with van der Waals surface area (Å²) in [4.78, 5) is 29.1. The highest BCUT2D eigenvalue weighted by atomic mass is 19.1. The minimum atomic E-state index is -0.642. The molecule has 1 aliphatic heterocycles. The summed E-state index contributed by atoms with van der Waals surface area (Å²) >= 11 is 0. The first-order valence-corrected chi connectivity index (χ1v) is 13.2. The number of halogens is 1. The van der Waals surface area contributed by atoms with Gasteiger partial charge in [0.1, 0.15) is 18.0 Å². The topological polar surface area (TPSA) is 71.1 Å². The molecule has 0 radical (unpaired) electrons. The van der Waals surface area contributed by atoms with Crippen molar-refractivity contribution in [3.8, 4) is 0 Å². The number of benzene rings is 3. The molecule has 3 aromatic carbocycles. The molecule has 0 spiro atoms. The molecule has 2 amide bonds. The Hall–Kier alpha value is -4.07. The number of piperidine rings is 1. The number of ether oxygens (including phenoxy) is 2. The minimum Gasteiger partial charge on any atom is -0.444 e. The van der Waals surface area contributed by atoms with Crippen LogP contribution in [0.25, 0.3) is 0 Å². The Balaban J connectivity index is 1.19. The van der Waals surface area contributed by atoms with E-state index in [4.69, 9.17) is 9.47 Å². The summed E-state index contributed by atoms with van der Waals surface area (Å²) in [7, 11) is 0. The van der Waals surface area contributed by atoms with Crippen LogP contribution in [0.3, 0.4) is 0 Å². The monoisotopic (exact) mass is 531 g/mol. The van der Waals surface area contributed by atoms with Crippen LogP contribution in [0.4, 0.5) is 25.4 Å². The minimum absolute atomic E-state index is 0.0553. The Kier molecular flexibility index (Phi) is 7.46. The lowest BCUT2D eigenvalue weighted by Gasteiger charge is -2.31. The van der Waals surface area contributed by atoms with E-state index >= 15 is 4.39 Å². The van der Waals surface area contributed by atoms with E-state index in [2.05, 4.69) is 5.32 Å². The van der Waals surface area contributed by atoms with Crippen LogP contribution in [0.2, 0.25) is 0 Å². The molecule has 3 atom stereocenters. The Morgan fingerprint density at radius 2 is 1.56 bits per heavy atom. The number of carbonyl (C=O) groups excluding carboxylic acids is 2. The van der Waals surface area contributed by atoms with E-state index in [0.29, 0.717) is 31.0 Å². The van der Waals surface area contributed by atoms with E-state index < -0.39 is 17.5 Å². The number of hydrogen-bond donors (Lipinski definition) is 1. The van der Waals surface area contributed by atoms with Gasteiger partial charge in [-0.15, -0.1) is 0 Å². The van der Waals surface area contributed by atoms with Crippen molar-refractivity contribution in [3.63, 3.8) is 0 Å². The van der Waals surface area contributed by atoms with Gasteiger partial charge in [0.2, 0.25) is 0 Å². The SMILES string of the molecule is CC(C)(C)OC(=O)N(Cc1ccccc1)[C@H]1C2CN(c3ccc(NC(=O)OCc4ccccc4)cc3F)C[C@@H]21. The quantitative estimate of drug-likeness (QED) is 0.380. The highest BCUT2D eigenvalue weighted by Crippen LogP contribution is 2.51. The fourth-order valence-electron chi connectivity index (χ4n) is 5.26. The maximum Gasteiger partial charge on any atom is 0.411 e. The second-order valence-corrected chi connectivity index (χ2v) is 11.2. The highest BCUT2D eigenvalue weighted by molar-refractivity contribution is 5.85. The number of nitrogens with zero attached hydrogens (tertiary/aromatic N) is 2. The predicted octanol–water partition coefficient (Wildman–Crippen LogP) is 6.45. The standard InChI is InChI=1S/C31H34FN3O4/c1-31(2,3)39-30(37)35(17-21-10-6-4-7-11-21)28-24-18-34(19-25(24)28)27-15-14-23(16-26(27)32)33-29(36)38-20-22-12-8-5-9-13-22/h4-16,24-25,28H,17-20H2,1-3H3,(H,33,36)/t24-,25?,28+/m0/s1. The van der Waals surface area contributed by atoms with Crippen LogP contribution in [0, 0.1) is 17.7 Å². The van der Waals surface area contributed by atoms with Gasteiger partial charge >= 0.3 is 12.2 Å². The number of rotatable bonds is 7. The van der Waals surface area contributed by atoms with E-state index in [9.17, 15) is 9.59 Å². The number of nitrogens with one attached hydrogen (secondary N) is 1. The molecular formula is C31H34FN3O4. The van der Waals surface area contributed by atoms with Gasteiger partial charge in [0, 0.05) is 43.2 Å².